The second-order valence-electron chi connectivity index (χ2n) is 8.25. The summed E-state index contributed by atoms with van der Waals surface area (Å²) in [6.45, 7) is 5.88. The van der Waals surface area contributed by atoms with Crippen molar-refractivity contribution in [2.75, 3.05) is 12.3 Å². The van der Waals surface area contributed by atoms with E-state index >= 15 is 0 Å². The molecule has 5 N–H and O–H groups in total. The first-order valence-electron chi connectivity index (χ1n) is 9.51. The van der Waals surface area contributed by atoms with Gasteiger partial charge in [0.15, 0.2) is 12.0 Å². The quantitative estimate of drug-likeness (QED) is 0.518. The summed E-state index contributed by atoms with van der Waals surface area (Å²) >= 11 is 0. The fourth-order valence-corrected chi connectivity index (χ4v) is 4.18. The lowest BCUT2D eigenvalue weighted by atomic mass is 9.80. The smallest absolute Gasteiger partial charge is 0.306 e. The van der Waals surface area contributed by atoms with Gasteiger partial charge in [0, 0.05) is 12.6 Å². The second kappa shape index (κ2) is 6.80. The van der Waals surface area contributed by atoms with Crippen molar-refractivity contribution in [2.45, 2.75) is 70.0 Å². The van der Waals surface area contributed by atoms with Crippen LogP contribution < -0.4 is 11.1 Å². The van der Waals surface area contributed by atoms with E-state index in [1.54, 1.807) is 17.8 Å². The van der Waals surface area contributed by atoms with Gasteiger partial charge in [-0.15, -0.1) is 0 Å². The van der Waals surface area contributed by atoms with Gasteiger partial charge in [-0.1, -0.05) is 0 Å². The number of imidazole rings is 1. The van der Waals surface area contributed by atoms with Gasteiger partial charge in [0.05, 0.1) is 18.0 Å². The number of aromatic nitrogens is 2. The molecule has 4 atom stereocenters. The van der Waals surface area contributed by atoms with Gasteiger partial charge in [-0.25, -0.2) is 4.98 Å². The van der Waals surface area contributed by atoms with E-state index in [-0.39, 0.29) is 36.0 Å². The first-order valence-corrected chi connectivity index (χ1v) is 9.51. The van der Waals surface area contributed by atoms with Crippen molar-refractivity contribution in [3.8, 4) is 0 Å². The Morgan fingerprint density at radius 3 is 2.71 bits per heavy atom. The fourth-order valence-electron chi connectivity index (χ4n) is 4.18. The highest BCUT2D eigenvalue weighted by Crippen LogP contribution is 2.44. The summed E-state index contributed by atoms with van der Waals surface area (Å²) in [5.74, 6) is -1.38. The molecular weight excluding hydrogens is 366 g/mol. The zero-order chi connectivity index (χ0) is 20.2. The van der Waals surface area contributed by atoms with Crippen LogP contribution in [0.5, 0.6) is 0 Å². The Kier molecular flexibility index (Phi) is 4.69. The average Bonchev–Trinajstić information content (AvgIpc) is 3.17. The fraction of sp³-hybridized carbons (Fsp3) is 0.722. The van der Waals surface area contributed by atoms with Gasteiger partial charge >= 0.3 is 5.97 Å². The Bertz CT molecular complexity index is 787. The van der Waals surface area contributed by atoms with E-state index in [0.717, 1.165) is 0 Å². The molecule has 1 aromatic heterocycles. The number of carboxylic acid groups (broad SMARTS) is 1. The number of fused-ring (bicyclic) bond motifs is 1. The van der Waals surface area contributed by atoms with E-state index in [1.807, 2.05) is 13.8 Å². The lowest BCUT2D eigenvalue weighted by Crippen LogP contribution is -2.48. The third-order valence-electron chi connectivity index (χ3n) is 5.68. The number of nitrogens with zero attached hydrogens (tertiary/aromatic N) is 2. The topological polar surface area (TPSA) is 145 Å². The third-order valence-corrected chi connectivity index (χ3v) is 5.68. The van der Waals surface area contributed by atoms with E-state index < -0.39 is 18.0 Å². The predicted octanol–water partition coefficient (Wildman–Crippen LogP) is 0.723. The number of nitrogens with two attached hydrogens (primary N) is 1. The van der Waals surface area contributed by atoms with Crippen LogP contribution >= 0.6 is 0 Å². The number of hydrogen-bond acceptors (Lipinski definition) is 8. The van der Waals surface area contributed by atoms with Gasteiger partial charge in [-0.2, -0.15) is 0 Å². The van der Waals surface area contributed by atoms with Crippen molar-refractivity contribution in [3.05, 3.63) is 12.0 Å². The number of nitrogen functional groups attached to an aromatic ring is 1. The molecule has 3 fully saturated rings. The van der Waals surface area contributed by atoms with E-state index in [1.165, 1.54) is 0 Å². The number of hydrogen-bond donors (Lipinski definition) is 4. The summed E-state index contributed by atoms with van der Waals surface area (Å²) in [7, 11) is 0. The molecule has 2 saturated heterocycles. The van der Waals surface area contributed by atoms with E-state index in [9.17, 15) is 4.79 Å². The Hall–Kier alpha value is -2.01. The van der Waals surface area contributed by atoms with Crippen LogP contribution in [0.15, 0.2) is 6.33 Å². The number of nitrogens with one attached hydrogen (secondary N) is 2. The highest BCUT2D eigenvalue weighted by Gasteiger charge is 2.56. The van der Waals surface area contributed by atoms with Crippen molar-refractivity contribution in [1.82, 2.24) is 14.9 Å². The normalized spacial score (nSPS) is 36.1. The van der Waals surface area contributed by atoms with Gasteiger partial charge in [0.2, 0.25) is 0 Å². The number of rotatable bonds is 6. The average molecular weight is 393 g/mol. The van der Waals surface area contributed by atoms with Crippen LogP contribution in [-0.2, 0) is 19.0 Å². The van der Waals surface area contributed by atoms with Crippen molar-refractivity contribution < 1.29 is 24.1 Å². The maximum absolute atomic E-state index is 11.0. The molecule has 1 saturated carbocycles. The van der Waals surface area contributed by atoms with Crippen molar-refractivity contribution in [2.24, 2.45) is 5.92 Å². The van der Waals surface area contributed by atoms with Gasteiger partial charge < -0.3 is 35.8 Å². The van der Waals surface area contributed by atoms with Crippen molar-refractivity contribution in [1.29, 1.82) is 5.41 Å². The Labute approximate surface area is 162 Å². The zero-order valence-corrected chi connectivity index (χ0v) is 16.2. The Morgan fingerprint density at radius 1 is 1.43 bits per heavy atom. The standard InChI is InChI=1S/C18H27N5O5/c1-8(19)12-15(20)23(7-22-12)16-14-13(27-18(2,3)28-14)11(26-16)6-21-10-4-9(5-10)17(24)25/h7,9-11,13-14,16,19,21H,4-6,20H2,1-3H3,(H,24,25). The van der Waals surface area contributed by atoms with Crippen LogP contribution in [0.4, 0.5) is 5.82 Å². The summed E-state index contributed by atoms with van der Waals surface area (Å²) < 4.78 is 20.1. The molecule has 3 aliphatic rings. The largest absolute Gasteiger partial charge is 0.481 e. The Morgan fingerprint density at radius 2 is 2.11 bits per heavy atom. The molecule has 0 radical (unpaired) electrons. The monoisotopic (exact) mass is 393 g/mol. The zero-order valence-electron chi connectivity index (χ0n) is 16.2. The molecule has 1 aromatic rings. The minimum Gasteiger partial charge on any atom is -0.481 e. The molecule has 1 aliphatic carbocycles. The molecule has 28 heavy (non-hydrogen) atoms. The molecule has 154 valence electrons. The number of ether oxygens (including phenoxy) is 3. The van der Waals surface area contributed by atoms with Crippen LogP contribution in [0, 0.1) is 11.3 Å². The summed E-state index contributed by atoms with van der Waals surface area (Å²) in [4.78, 5) is 15.2. The molecule has 0 amide bonds. The van der Waals surface area contributed by atoms with Crippen molar-refractivity contribution >= 4 is 17.5 Å². The maximum Gasteiger partial charge on any atom is 0.306 e. The van der Waals surface area contributed by atoms with E-state index in [2.05, 4.69) is 10.3 Å². The first kappa shape index (κ1) is 19.3. The van der Waals surface area contributed by atoms with Gasteiger partial charge in [-0.3, -0.25) is 9.36 Å². The molecule has 10 heteroatoms. The lowest BCUT2D eigenvalue weighted by Gasteiger charge is -2.34. The van der Waals surface area contributed by atoms with E-state index in [0.29, 0.717) is 30.9 Å². The van der Waals surface area contributed by atoms with Gasteiger partial charge in [0.25, 0.3) is 0 Å². The van der Waals surface area contributed by atoms with Gasteiger partial charge in [0.1, 0.15) is 29.8 Å². The summed E-state index contributed by atoms with van der Waals surface area (Å²) in [6, 6.07) is 0.169. The van der Waals surface area contributed by atoms with Crippen LogP contribution in [0.2, 0.25) is 0 Å². The maximum atomic E-state index is 11.0. The molecule has 2 aliphatic heterocycles. The number of carboxylic acids is 1. The minimum absolute atomic E-state index is 0.169. The molecule has 4 unspecified atom stereocenters. The molecule has 4 rings (SSSR count). The first-order chi connectivity index (χ1) is 13.2. The van der Waals surface area contributed by atoms with E-state index in [4.69, 9.17) is 30.5 Å². The Balaban J connectivity index is 1.47. The minimum atomic E-state index is -0.740. The molecule has 0 aromatic carbocycles. The summed E-state index contributed by atoms with van der Waals surface area (Å²) in [6.07, 6.45) is 1.40. The molecule has 10 nitrogen and oxygen atoms in total. The summed E-state index contributed by atoms with van der Waals surface area (Å²) in [5, 5.41) is 20.2. The molecular formula is C18H27N5O5. The summed E-state index contributed by atoms with van der Waals surface area (Å²) in [5.41, 5.74) is 6.90. The van der Waals surface area contributed by atoms with Crippen LogP contribution in [0.3, 0.4) is 0 Å². The van der Waals surface area contributed by atoms with Crippen molar-refractivity contribution in [3.63, 3.8) is 0 Å². The van der Waals surface area contributed by atoms with Crippen LogP contribution in [-0.4, -0.2) is 63.0 Å². The lowest BCUT2D eigenvalue weighted by molar-refractivity contribution is -0.196. The second-order valence-corrected chi connectivity index (χ2v) is 8.25. The molecule has 0 bridgehead atoms. The number of anilines is 1. The highest BCUT2D eigenvalue weighted by molar-refractivity contribution is 5.98. The third kappa shape index (κ3) is 3.30. The SMILES string of the molecule is CC(=N)c1ncn(C2OC(CNC3CC(C(=O)O)C3)C3OC(C)(C)OC32)c1N. The van der Waals surface area contributed by atoms with Gasteiger partial charge in [-0.05, 0) is 33.6 Å². The predicted molar refractivity (Wildman–Crippen MR) is 99.0 cm³/mol. The van der Waals surface area contributed by atoms with Crippen LogP contribution in [0.1, 0.15) is 45.5 Å². The highest BCUT2D eigenvalue weighted by atomic mass is 16.8. The number of carbonyl (C=O) groups is 1. The molecule has 0 spiro atoms. The van der Waals surface area contributed by atoms with Crippen LogP contribution in [0.25, 0.3) is 0 Å². The molecule has 3 heterocycles. The number of aliphatic carboxylic acids is 1.